The van der Waals surface area contributed by atoms with E-state index in [1.165, 1.54) is 36.4 Å². The van der Waals surface area contributed by atoms with Gasteiger partial charge < -0.3 is 24.7 Å². The Morgan fingerprint density at radius 1 is 1.14 bits per heavy atom. The number of fused-ring (bicyclic) bond motifs is 1. The number of benzene rings is 1. The average molecular weight is 489 g/mol. The monoisotopic (exact) mass is 489 g/mol. The number of carbonyl (C=O) groups excluding carboxylic acids is 1. The van der Waals surface area contributed by atoms with Crippen LogP contribution in [0.4, 0.5) is 19.0 Å². The van der Waals surface area contributed by atoms with Gasteiger partial charge in [0.25, 0.3) is 0 Å². The molecule has 35 heavy (non-hydrogen) atoms. The molecule has 5 rings (SSSR count). The molecule has 184 valence electrons. The molecule has 0 atom stereocenters. The van der Waals surface area contributed by atoms with Crippen molar-refractivity contribution in [3.8, 4) is 11.4 Å². The number of amides is 1. The number of carbonyl (C=O) groups is 1. The van der Waals surface area contributed by atoms with E-state index in [4.69, 9.17) is 10.2 Å². The van der Waals surface area contributed by atoms with E-state index in [0.717, 1.165) is 11.1 Å². The van der Waals surface area contributed by atoms with Gasteiger partial charge in [-0.1, -0.05) is 6.08 Å². The third-order valence-electron chi connectivity index (χ3n) is 6.02. The lowest BCUT2D eigenvalue weighted by molar-refractivity contribution is -0.274. The summed E-state index contributed by atoms with van der Waals surface area (Å²) in [5.74, 6) is 0.0469. The zero-order valence-electron chi connectivity index (χ0n) is 18.4. The van der Waals surface area contributed by atoms with E-state index in [1.807, 2.05) is 4.90 Å². The minimum atomic E-state index is -4.78. The van der Waals surface area contributed by atoms with Crippen LogP contribution >= 0.6 is 0 Å². The Kier molecular flexibility index (Phi) is 5.85. The van der Waals surface area contributed by atoms with Gasteiger partial charge in [0, 0.05) is 44.4 Å². The van der Waals surface area contributed by atoms with E-state index < -0.39 is 12.5 Å². The largest absolute Gasteiger partial charge is 0.573 e. The van der Waals surface area contributed by atoms with Crippen LogP contribution in [0, 0.1) is 0 Å². The van der Waals surface area contributed by atoms with E-state index in [-0.39, 0.29) is 24.2 Å². The molecular weight excluding hydrogens is 467 g/mol. The molecule has 2 aliphatic rings. The summed E-state index contributed by atoms with van der Waals surface area (Å²) in [5.41, 5.74) is 1.96. The van der Waals surface area contributed by atoms with Crippen molar-refractivity contribution in [2.24, 2.45) is 0 Å². The maximum Gasteiger partial charge on any atom is 0.573 e. The number of aliphatic hydroxyl groups is 2. The van der Waals surface area contributed by atoms with E-state index >= 15 is 0 Å². The van der Waals surface area contributed by atoms with Crippen LogP contribution < -0.4 is 9.64 Å². The number of anilines is 1. The number of hydrogen-bond donors (Lipinski definition) is 2. The van der Waals surface area contributed by atoms with Crippen molar-refractivity contribution in [1.82, 2.24) is 19.7 Å². The molecule has 2 aliphatic heterocycles. The second-order valence-electron chi connectivity index (χ2n) is 8.45. The fourth-order valence-electron chi connectivity index (χ4n) is 4.30. The lowest BCUT2D eigenvalue weighted by Gasteiger charge is -2.39. The quantitative estimate of drug-likeness (QED) is 0.511. The third-order valence-corrected chi connectivity index (χ3v) is 6.02. The molecule has 3 aromatic rings. The Morgan fingerprint density at radius 3 is 2.49 bits per heavy atom. The van der Waals surface area contributed by atoms with Crippen molar-refractivity contribution in [3.63, 3.8) is 0 Å². The molecule has 2 N–H and O–H groups in total. The van der Waals surface area contributed by atoms with E-state index in [0.29, 0.717) is 43.2 Å². The molecule has 12 heteroatoms. The second-order valence-corrected chi connectivity index (χ2v) is 8.45. The van der Waals surface area contributed by atoms with Gasteiger partial charge in [0.2, 0.25) is 5.91 Å². The third kappa shape index (κ3) is 4.54. The average Bonchev–Trinajstić information content (AvgIpc) is 3.13. The van der Waals surface area contributed by atoms with Crippen LogP contribution in [0.1, 0.15) is 11.6 Å². The molecular formula is C23H22F3N5O4. The molecule has 2 fully saturated rings. The van der Waals surface area contributed by atoms with Crippen molar-refractivity contribution < 1.29 is 32.9 Å². The molecule has 1 amide bonds. The van der Waals surface area contributed by atoms with Gasteiger partial charge in [-0.15, -0.1) is 13.2 Å². The van der Waals surface area contributed by atoms with Gasteiger partial charge in [0.1, 0.15) is 11.6 Å². The number of rotatable bonds is 6. The summed E-state index contributed by atoms with van der Waals surface area (Å²) in [5, 5.41) is 24.2. The molecule has 0 spiro atoms. The van der Waals surface area contributed by atoms with Crippen LogP contribution in [0.2, 0.25) is 0 Å². The highest BCUT2D eigenvalue weighted by atomic mass is 19.4. The molecule has 0 saturated carbocycles. The van der Waals surface area contributed by atoms with Crippen molar-refractivity contribution in [2.75, 3.05) is 37.7 Å². The molecule has 2 aromatic heterocycles. The number of β-amino-alcohol motifs (C(OH)–C–C–N with tert-alkyl or cyclic N) is 1. The number of aliphatic hydroxyl groups excluding tert-OH is 2. The Hall–Kier alpha value is -3.64. The Balaban J connectivity index is 1.51. The fraction of sp³-hybridized carbons (Fsp3) is 0.348. The molecule has 0 bridgehead atoms. The van der Waals surface area contributed by atoms with Gasteiger partial charge in [0.15, 0.2) is 0 Å². The van der Waals surface area contributed by atoms with Gasteiger partial charge in [-0.05, 0) is 30.3 Å². The fourth-order valence-corrected chi connectivity index (χ4v) is 4.30. The van der Waals surface area contributed by atoms with Crippen molar-refractivity contribution in [1.29, 1.82) is 0 Å². The van der Waals surface area contributed by atoms with Crippen LogP contribution in [0.3, 0.4) is 0 Å². The van der Waals surface area contributed by atoms with Gasteiger partial charge >= 0.3 is 6.36 Å². The van der Waals surface area contributed by atoms with Gasteiger partial charge in [-0.25, -0.2) is 9.67 Å². The highest BCUT2D eigenvalue weighted by Crippen LogP contribution is 2.38. The summed E-state index contributed by atoms with van der Waals surface area (Å²) >= 11 is 0. The van der Waals surface area contributed by atoms with E-state index in [1.54, 1.807) is 21.8 Å². The van der Waals surface area contributed by atoms with Crippen LogP contribution in [0.25, 0.3) is 16.6 Å². The SMILES string of the molecule is O=C(/C=C/CO)N1CC(c2nn(-c3ccc(OC(F)(F)F)cc3)c3ccnc(N4CC(O)C4)c23)C1. The number of aromatic nitrogens is 3. The Morgan fingerprint density at radius 2 is 1.86 bits per heavy atom. The second kappa shape index (κ2) is 8.86. The van der Waals surface area contributed by atoms with Gasteiger partial charge in [-0.2, -0.15) is 5.10 Å². The predicted octanol–water partition coefficient (Wildman–Crippen LogP) is 1.97. The van der Waals surface area contributed by atoms with Gasteiger partial charge in [0.05, 0.1) is 35.0 Å². The zero-order chi connectivity index (χ0) is 24.7. The first-order valence-corrected chi connectivity index (χ1v) is 11.0. The molecule has 1 aromatic carbocycles. The molecule has 0 radical (unpaired) electrons. The van der Waals surface area contributed by atoms with Crippen LogP contribution in [0.15, 0.2) is 48.7 Å². The molecule has 9 nitrogen and oxygen atoms in total. The van der Waals surface area contributed by atoms with E-state index in [2.05, 4.69) is 9.72 Å². The zero-order valence-corrected chi connectivity index (χ0v) is 18.4. The minimum Gasteiger partial charge on any atom is -0.406 e. The summed E-state index contributed by atoms with van der Waals surface area (Å²) in [6, 6.07) is 7.20. The topological polar surface area (TPSA) is 104 Å². The summed E-state index contributed by atoms with van der Waals surface area (Å²) in [4.78, 5) is 20.3. The first kappa shape index (κ1) is 23.1. The molecule has 4 heterocycles. The molecule has 2 saturated heterocycles. The Labute approximate surface area is 197 Å². The summed E-state index contributed by atoms with van der Waals surface area (Å²) in [6.07, 6.45) is -0.895. The van der Waals surface area contributed by atoms with Crippen molar-refractivity contribution in [3.05, 3.63) is 54.4 Å². The first-order chi connectivity index (χ1) is 16.7. The Bertz CT molecular complexity index is 1260. The van der Waals surface area contributed by atoms with Gasteiger partial charge in [-0.3, -0.25) is 4.79 Å². The predicted molar refractivity (Wildman–Crippen MR) is 119 cm³/mol. The number of halogens is 3. The highest BCUT2D eigenvalue weighted by Gasteiger charge is 2.37. The van der Waals surface area contributed by atoms with E-state index in [9.17, 15) is 23.1 Å². The highest BCUT2D eigenvalue weighted by molar-refractivity contribution is 5.95. The van der Waals surface area contributed by atoms with Crippen molar-refractivity contribution >= 4 is 22.6 Å². The number of ether oxygens (including phenoxy) is 1. The molecule has 0 aliphatic carbocycles. The summed E-state index contributed by atoms with van der Waals surface area (Å²) in [7, 11) is 0. The van der Waals surface area contributed by atoms with Crippen LogP contribution in [0.5, 0.6) is 5.75 Å². The maximum absolute atomic E-state index is 12.5. The lowest BCUT2D eigenvalue weighted by Crippen LogP contribution is -2.51. The smallest absolute Gasteiger partial charge is 0.406 e. The standard InChI is InChI=1S/C23H22F3N5O4/c24-23(25,26)35-17-5-3-15(4-6-17)31-18-7-8-27-22(30-12-16(33)13-30)20(18)21(28-31)14-10-29(11-14)19(34)2-1-9-32/h1-8,14,16,32-33H,9-13H2/b2-1+. The maximum atomic E-state index is 12.5. The summed E-state index contributed by atoms with van der Waals surface area (Å²) in [6.45, 7) is 1.50. The molecule has 0 unspecified atom stereocenters. The number of pyridine rings is 1. The van der Waals surface area contributed by atoms with Crippen molar-refractivity contribution in [2.45, 2.75) is 18.4 Å². The summed E-state index contributed by atoms with van der Waals surface area (Å²) < 4.78 is 43.2. The number of nitrogens with zero attached hydrogens (tertiary/aromatic N) is 5. The minimum absolute atomic E-state index is 0.0767. The lowest BCUT2D eigenvalue weighted by atomic mass is 9.93. The normalized spacial score (nSPS) is 17.2. The first-order valence-electron chi connectivity index (χ1n) is 11.0. The van der Waals surface area contributed by atoms with Crippen LogP contribution in [-0.2, 0) is 4.79 Å². The number of likely N-dealkylation sites (tertiary alicyclic amines) is 1. The number of alkyl halides is 3. The van der Waals surface area contributed by atoms with Crippen LogP contribution in [-0.4, -0.2) is 81.0 Å². The number of hydrogen-bond acceptors (Lipinski definition) is 7.